The van der Waals surface area contributed by atoms with Crippen LogP contribution in [0.15, 0.2) is 54.9 Å². The maximum atomic E-state index is 12.2. The summed E-state index contributed by atoms with van der Waals surface area (Å²) < 4.78 is 5.30. The van der Waals surface area contributed by atoms with Crippen LogP contribution in [0.2, 0.25) is 0 Å². The van der Waals surface area contributed by atoms with Gasteiger partial charge in [-0.25, -0.2) is 4.79 Å². The number of hydrogen-bond acceptors (Lipinski definition) is 4. The van der Waals surface area contributed by atoms with E-state index >= 15 is 0 Å². The normalized spacial score (nSPS) is 9.67. The van der Waals surface area contributed by atoms with Crippen LogP contribution in [0.3, 0.4) is 0 Å². The van der Waals surface area contributed by atoms with Gasteiger partial charge < -0.3 is 9.64 Å². The predicted molar refractivity (Wildman–Crippen MR) is 77.3 cm³/mol. The largest absolute Gasteiger partial charge is 0.415 e. The van der Waals surface area contributed by atoms with E-state index in [-0.39, 0.29) is 6.42 Å². The topological polar surface area (TPSA) is 66.2 Å². The molecular weight excluding hydrogens is 266 g/mol. The summed E-state index contributed by atoms with van der Waals surface area (Å²) in [6, 6.07) is 14.6. The molecule has 1 amide bonds. The SMILES string of the molecule is N#CCCN(Cc1cccnc1)C(=O)Oc1ccccc1. The minimum Gasteiger partial charge on any atom is -0.410 e. The highest BCUT2D eigenvalue weighted by Crippen LogP contribution is 2.12. The second-order valence-corrected chi connectivity index (χ2v) is 4.37. The van der Waals surface area contributed by atoms with E-state index in [0.29, 0.717) is 18.8 Å². The van der Waals surface area contributed by atoms with Crippen LogP contribution in [0.5, 0.6) is 5.75 Å². The van der Waals surface area contributed by atoms with Crippen molar-refractivity contribution < 1.29 is 9.53 Å². The summed E-state index contributed by atoms with van der Waals surface area (Å²) in [4.78, 5) is 17.7. The summed E-state index contributed by atoms with van der Waals surface area (Å²) >= 11 is 0. The first-order chi connectivity index (χ1) is 10.3. The first-order valence-corrected chi connectivity index (χ1v) is 6.57. The standard InChI is InChI=1S/C16H15N3O2/c17-9-5-11-19(13-14-6-4-10-18-12-14)16(20)21-15-7-2-1-3-8-15/h1-4,6-8,10,12H,5,11,13H2. The number of para-hydroxylation sites is 1. The van der Waals surface area contributed by atoms with Crippen LogP contribution in [-0.4, -0.2) is 22.5 Å². The molecule has 0 fully saturated rings. The molecule has 0 unspecified atom stereocenters. The molecule has 1 heterocycles. The monoisotopic (exact) mass is 281 g/mol. The van der Waals surface area contributed by atoms with Gasteiger partial charge in [0.1, 0.15) is 5.75 Å². The second kappa shape index (κ2) is 7.65. The third-order valence-electron chi connectivity index (χ3n) is 2.80. The zero-order valence-corrected chi connectivity index (χ0v) is 11.5. The number of aromatic nitrogens is 1. The molecule has 1 aromatic carbocycles. The van der Waals surface area contributed by atoms with Gasteiger partial charge in [0.15, 0.2) is 0 Å². The molecule has 0 aliphatic carbocycles. The Hall–Kier alpha value is -2.87. The predicted octanol–water partition coefficient (Wildman–Crippen LogP) is 3.00. The van der Waals surface area contributed by atoms with Crippen LogP contribution in [0.25, 0.3) is 0 Å². The second-order valence-electron chi connectivity index (χ2n) is 4.37. The van der Waals surface area contributed by atoms with Gasteiger partial charge in [-0.1, -0.05) is 24.3 Å². The number of pyridine rings is 1. The Morgan fingerprint density at radius 3 is 2.71 bits per heavy atom. The van der Waals surface area contributed by atoms with Crippen LogP contribution < -0.4 is 4.74 Å². The minimum atomic E-state index is -0.472. The highest BCUT2D eigenvalue weighted by molar-refractivity contribution is 5.70. The molecule has 5 heteroatoms. The van der Waals surface area contributed by atoms with Gasteiger partial charge in [0.2, 0.25) is 0 Å². The molecular formula is C16H15N3O2. The van der Waals surface area contributed by atoms with Crippen molar-refractivity contribution in [3.63, 3.8) is 0 Å². The first-order valence-electron chi connectivity index (χ1n) is 6.57. The zero-order valence-electron chi connectivity index (χ0n) is 11.5. The van der Waals surface area contributed by atoms with Crippen LogP contribution >= 0.6 is 0 Å². The van der Waals surface area contributed by atoms with Crippen molar-refractivity contribution in [2.45, 2.75) is 13.0 Å². The Balaban J connectivity index is 2.04. The van der Waals surface area contributed by atoms with E-state index in [1.807, 2.05) is 18.2 Å². The molecule has 2 aromatic rings. The number of carbonyl (C=O) groups is 1. The third-order valence-corrected chi connectivity index (χ3v) is 2.80. The maximum Gasteiger partial charge on any atom is 0.415 e. The van der Waals surface area contributed by atoms with Gasteiger partial charge in [0.25, 0.3) is 0 Å². The minimum absolute atomic E-state index is 0.254. The summed E-state index contributed by atoms with van der Waals surface area (Å²) in [6.07, 6.45) is 3.14. The highest BCUT2D eigenvalue weighted by atomic mass is 16.6. The molecule has 21 heavy (non-hydrogen) atoms. The summed E-state index contributed by atoms with van der Waals surface area (Å²) in [5, 5.41) is 8.71. The average Bonchev–Trinajstić information content (AvgIpc) is 2.53. The number of amides is 1. The molecule has 0 N–H and O–H groups in total. The third kappa shape index (κ3) is 4.62. The summed E-state index contributed by atoms with van der Waals surface area (Å²) in [6.45, 7) is 0.679. The molecule has 0 saturated heterocycles. The van der Waals surface area contributed by atoms with Crippen molar-refractivity contribution in [2.24, 2.45) is 0 Å². The Labute approximate surface area is 123 Å². The van der Waals surface area contributed by atoms with Crippen LogP contribution in [-0.2, 0) is 6.54 Å². The number of nitriles is 1. The number of rotatable bonds is 5. The first kappa shape index (κ1) is 14.5. The lowest BCUT2D eigenvalue weighted by atomic mass is 10.2. The van der Waals surface area contributed by atoms with Crippen molar-refractivity contribution in [1.82, 2.24) is 9.88 Å². The Kier molecular flexibility index (Phi) is 5.30. The van der Waals surface area contributed by atoms with E-state index in [4.69, 9.17) is 10.00 Å². The van der Waals surface area contributed by atoms with E-state index < -0.39 is 6.09 Å². The summed E-state index contributed by atoms with van der Waals surface area (Å²) in [7, 11) is 0. The van der Waals surface area contributed by atoms with Gasteiger partial charge in [0, 0.05) is 18.9 Å². The number of ether oxygens (including phenoxy) is 1. The van der Waals surface area contributed by atoms with Crippen LogP contribution in [0, 0.1) is 11.3 Å². The molecule has 0 atom stereocenters. The van der Waals surface area contributed by atoms with E-state index in [1.54, 1.807) is 42.7 Å². The van der Waals surface area contributed by atoms with E-state index in [2.05, 4.69) is 4.98 Å². The number of carbonyl (C=O) groups excluding carboxylic acids is 1. The highest BCUT2D eigenvalue weighted by Gasteiger charge is 2.16. The molecule has 106 valence electrons. The van der Waals surface area contributed by atoms with Crippen molar-refractivity contribution >= 4 is 6.09 Å². The van der Waals surface area contributed by atoms with Gasteiger partial charge in [-0.3, -0.25) is 4.98 Å². The lowest BCUT2D eigenvalue weighted by Crippen LogP contribution is -2.33. The Bertz CT molecular complexity index is 608. The van der Waals surface area contributed by atoms with Gasteiger partial charge in [0.05, 0.1) is 19.0 Å². The van der Waals surface area contributed by atoms with E-state index in [0.717, 1.165) is 5.56 Å². The molecule has 0 aliphatic heterocycles. The van der Waals surface area contributed by atoms with Crippen molar-refractivity contribution in [3.05, 3.63) is 60.4 Å². The fraction of sp³-hybridized carbons (Fsp3) is 0.188. The number of nitrogens with zero attached hydrogens (tertiary/aromatic N) is 3. The molecule has 0 aliphatic rings. The molecule has 0 spiro atoms. The van der Waals surface area contributed by atoms with Gasteiger partial charge in [-0.2, -0.15) is 5.26 Å². The molecule has 5 nitrogen and oxygen atoms in total. The lowest BCUT2D eigenvalue weighted by Gasteiger charge is -2.20. The van der Waals surface area contributed by atoms with E-state index in [9.17, 15) is 4.79 Å². The molecule has 1 aromatic heterocycles. The Morgan fingerprint density at radius 1 is 1.24 bits per heavy atom. The van der Waals surface area contributed by atoms with Crippen LogP contribution in [0.4, 0.5) is 4.79 Å². The van der Waals surface area contributed by atoms with Crippen molar-refractivity contribution in [2.75, 3.05) is 6.54 Å². The van der Waals surface area contributed by atoms with Gasteiger partial charge in [-0.05, 0) is 23.8 Å². The molecule has 0 bridgehead atoms. The van der Waals surface area contributed by atoms with E-state index in [1.165, 1.54) is 4.90 Å². The number of hydrogen-bond donors (Lipinski definition) is 0. The summed E-state index contributed by atoms with van der Waals surface area (Å²) in [5.74, 6) is 0.482. The van der Waals surface area contributed by atoms with Gasteiger partial charge >= 0.3 is 6.09 Å². The van der Waals surface area contributed by atoms with Gasteiger partial charge in [-0.15, -0.1) is 0 Å². The maximum absolute atomic E-state index is 12.2. The summed E-state index contributed by atoms with van der Waals surface area (Å²) in [5.41, 5.74) is 0.889. The molecule has 0 saturated carbocycles. The average molecular weight is 281 g/mol. The molecule has 2 rings (SSSR count). The molecule has 0 radical (unpaired) electrons. The fourth-order valence-corrected chi connectivity index (χ4v) is 1.79. The van der Waals surface area contributed by atoms with Crippen molar-refractivity contribution in [1.29, 1.82) is 5.26 Å². The number of benzene rings is 1. The smallest absolute Gasteiger partial charge is 0.410 e. The lowest BCUT2D eigenvalue weighted by molar-refractivity contribution is 0.150. The van der Waals surface area contributed by atoms with Crippen LogP contribution in [0.1, 0.15) is 12.0 Å². The quantitative estimate of drug-likeness (QED) is 0.845. The Morgan fingerprint density at radius 2 is 2.05 bits per heavy atom. The fourth-order valence-electron chi connectivity index (χ4n) is 1.79. The zero-order chi connectivity index (χ0) is 14.9. The van der Waals surface area contributed by atoms with Crippen molar-refractivity contribution in [3.8, 4) is 11.8 Å².